The Kier molecular flexibility index (Phi) is 4.11. The number of piperidine rings is 1. The molecule has 1 atom stereocenters. The third-order valence-corrected chi connectivity index (χ3v) is 3.08. The predicted octanol–water partition coefficient (Wildman–Crippen LogP) is 3.27. The number of ether oxygens (including phenoxy) is 1. The third kappa shape index (κ3) is 3.91. The summed E-state index contributed by atoms with van der Waals surface area (Å²) in [5.41, 5.74) is 0.606. The molecule has 1 N–H and O–H groups in total. The highest BCUT2D eigenvalue weighted by atomic mass is 19.4. The second-order valence-electron chi connectivity index (χ2n) is 4.51. The van der Waals surface area contributed by atoms with E-state index in [1.165, 1.54) is 6.07 Å². The van der Waals surface area contributed by atoms with Crippen LogP contribution >= 0.6 is 0 Å². The number of alkyl halides is 3. The van der Waals surface area contributed by atoms with Gasteiger partial charge in [-0.2, -0.15) is 0 Å². The van der Waals surface area contributed by atoms with Crippen molar-refractivity contribution in [1.29, 1.82) is 0 Å². The summed E-state index contributed by atoms with van der Waals surface area (Å²) in [5.74, 6) is -0.0858. The SMILES string of the molecule is FC(F)(F)Oc1ccccc1CC1CCCCN1. The van der Waals surface area contributed by atoms with Crippen LogP contribution in [-0.4, -0.2) is 18.9 Å². The molecule has 2 rings (SSSR count). The van der Waals surface area contributed by atoms with E-state index in [0.29, 0.717) is 12.0 Å². The molecule has 1 aromatic rings. The molecule has 1 heterocycles. The Labute approximate surface area is 104 Å². The van der Waals surface area contributed by atoms with Crippen molar-refractivity contribution in [2.24, 2.45) is 0 Å². The fraction of sp³-hybridized carbons (Fsp3) is 0.538. The molecule has 2 nitrogen and oxygen atoms in total. The molecule has 100 valence electrons. The maximum Gasteiger partial charge on any atom is 0.573 e. The second kappa shape index (κ2) is 5.61. The highest BCUT2D eigenvalue weighted by Crippen LogP contribution is 2.27. The first kappa shape index (κ1) is 13.2. The standard InChI is InChI=1S/C13H16F3NO/c14-13(15,16)18-12-7-2-1-5-10(12)9-11-6-3-4-8-17-11/h1-2,5,7,11,17H,3-4,6,8-9H2. The lowest BCUT2D eigenvalue weighted by Gasteiger charge is -2.24. The van der Waals surface area contributed by atoms with Crippen LogP contribution in [0.25, 0.3) is 0 Å². The van der Waals surface area contributed by atoms with Gasteiger partial charge in [-0.25, -0.2) is 0 Å². The predicted molar refractivity (Wildman–Crippen MR) is 62.5 cm³/mol. The number of rotatable bonds is 3. The topological polar surface area (TPSA) is 21.3 Å². The van der Waals surface area contributed by atoms with Crippen LogP contribution in [-0.2, 0) is 6.42 Å². The lowest BCUT2D eigenvalue weighted by atomic mass is 9.97. The Morgan fingerprint density at radius 1 is 1.22 bits per heavy atom. The number of halogens is 3. The number of para-hydroxylation sites is 1. The van der Waals surface area contributed by atoms with Crippen molar-refractivity contribution in [2.75, 3.05) is 6.54 Å². The maximum atomic E-state index is 12.3. The van der Waals surface area contributed by atoms with Crippen LogP contribution < -0.4 is 10.1 Å². The summed E-state index contributed by atoms with van der Waals surface area (Å²) < 4.78 is 40.8. The monoisotopic (exact) mass is 259 g/mol. The van der Waals surface area contributed by atoms with E-state index < -0.39 is 6.36 Å². The van der Waals surface area contributed by atoms with Crippen molar-refractivity contribution in [3.8, 4) is 5.75 Å². The van der Waals surface area contributed by atoms with E-state index in [4.69, 9.17) is 0 Å². The fourth-order valence-corrected chi connectivity index (χ4v) is 2.26. The molecule has 0 bridgehead atoms. The normalized spacial score (nSPS) is 20.7. The Bertz CT molecular complexity index is 386. The van der Waals surface area contributed by atoms with Gasteiger partial charge < -0.3 is 10.1 Å². The van der Waals surface area contributed by atoms with Crippen LogP contribution in [0.3, 0.4) is 0 Å². The molecule has 1 aliphatic heterocycles. The van der Waals surface area contributed by atoms with Crippen LogP contribution in [0.2, 0.25) is 0 Å². The Hall–Kier alpha value is -1.23. The van der Waals surface area contributed by atoms with Gasteiger partial charge in [-0.3, -0.25) is 0 Å². The molecule has 5 heteroatoms. The largest absolute Gasteiger partial charge is 0.573 e. The van der Waals surface area contributed by atoms with Gasteiger partial charge in [0.15, 0.2) is 0 Å². The van der Waals surface area contributed by atoms with Gasteiger partial charge >= 0.3 is 6.36 Å². The molecule has 0 saturated carbocycles. The van der Waals surface area contributed by atoms with Crippen LogP contribution in [0.4, 0.5) is 13.2 Å². The van der Waals surface area contributed by atoms with E-state index >= 15 is 0 Å². The molecule has 0 radical (unpaired) electrons. The molecule has 0 amide bonds. The van der Waals surface area contributed by atoms with E-state index in [1.807, 2.05) is 0 Å². The molecular formula is C13H16F3NO. The first-order valence-corrected chi connectivity index (χ1v) is 6.11. The molecule has 0 spiro atoms. The average Bonchev–Trinajstić information content (AvgIpc) is 2.31. The van der Waals surface area contributed by atoms with Gasteiger partial charge in [0.2, 0.25) is 0 Å². The minimum absolute atomic E-state index is 0.0858. The van der Waals surface area contributed by atoms with E-state index in [-0.39, 0.29) is 11.8 Å². The van der Waals surface area contributed by atoms with Crippen molar-refractivity contribution < 1.29 is 17.9 Å². The number of benzene rings is 1. The van der Waals surface area contributed by atoms with Gasteiger partial charge in [-0.05, 0) is 37.4 Å². The summed E-state index contributed by atoms with van der Waals surface area (Å²) in [6.45, 7) is 0.937. The quantitative estimate of drug-likeness (QED) is 0.899. The lowest BCUT2D eigenvalue weighted by Crippen LogP contribution is -2.35. The summed E-state index contributed by atoms with van der Waals surface area (Å²) in [6, 6.07) is 6.60. The molecule has 0 aliphatic carbocycles. The third-order valence-electron chi connectivity index (χ3n) is 3.08. The van der Waals surface area contributed by atoms with Gasteiger partial charge in [0.05, 0.1) is 0 Å². The molecule has 1 aromatic carbocycles. The zero-order chi connectivity index (χ0) is 13.0. The van der Waals surface area contributed by atoms with E-state index in [2.05, 4.69) is 10.1 Å². The molecule has 1 unspecified atom stereocenters. The first-order valence-electron chi connectivity index (χ1n) is 6.11. The molecule has 1 aliphatic rings. The van der Waals surface area contributed by atoms with Crippen LogP contribution in [0.15, 0.2) is 24.3 Å². The summed E-state index contributed by atoms with van der Waals surface area (Å²) >= 11 is 0. The van der Waals surface area contributed by atoms with Gasteiger partial charge in [0, 0.05) is 6.04 Å². The minimum Gasteiger partial charge on any atom is -0.406 e. The summed E-state index contributed by atoms with van der Waals surface area (Å²) in [7, 11) is 0. The van der Waals surface area contributed by atoms with Crippen LogP contribution in [0, 0.1) is 0 Å². The smallest absolute Gasteiger partial charge is 0.406 e. The number of hydrogen-bond acceptors (Lipinski definition) is 2. The van der Waals surface area contributed by atoms with Crippen molar-refractivity contribution in [3.05, 3.63) is 29.8 Å². The fourth-order valence-electron chi connectivity index (χ4n) is 2.26. The van der Waals surface area contributed by atoms with Gasteiger partial charge in [-0.1, -0.05) is 24.6 Å². The van der Waals surface area contributed by atoms with E-state index in [1.54, 1.807) is 18.2 Å². The molecule has 18 heavy (non-hydrogen) atoms. The average molecular weight is 259 g/mol. The number of hydrogen-bond donors (Lipinski definition) is 1. The van der Waals surface area contributed by atoms with Gasteiger partial charge in [-0.15, -0.1) is 13.2 Å². The molecule has 1 fully saturated rings. The zero-order valence-electron chi connectivity index (χ0n) is 9.96. The van der Waals surface area contributed by atoms with Crippen molar-refractivity contribution >= 4 is 0 Å². The summed E-state index contributed by atoms with van der Waals surface area (Å²) in [4.78, 5) is 0. The van der Waals surface area contributed by atoms with Crippen molar-refractivity contribution in [3.63, 3.8) is 0 Å². The minimum atomic E-state index is -4.63. The molecule has 1 saturated heterocycles. The molecular weight excluding hydrogens is 243 g/mol. The Balaban J connectivity index is 2.06. The summed E-state index contributed by atoms with van der Waals surface area (Å²) in [6.07, 6.45) is -0.792. The van der Waals surface area contributed by atoms with Gasteiger partial charge in [0.1, 0.15) is 5.75 Å². The zero-order valence-corrected chi connectivity index (χ0v) is 9.96. The van der Waals surface area contributed by atoms with E-state index in [9.17, 15) is 13.2 Å². The Morgan fingerprint density at radius 2 is 2.00 bits per heavy atom. The number of nitrogens with one attached hydrogen (secondary N) is 1. The Morgan fingerprint density at radius 3 is 2.67 bits per heavy atom. The van der Waals surface area contributed by atoms with Crippen molar-refractivity contribution in [1.82, 2.24) is 5.32 Å². The van der Waals surface area contributed by atoms with Gasteiger partial charge in [0.25, 0.3) is 0 Å². The first-order chi connectivity index (χ1) is 8.54. The van der Waals surface area contributed by atoms with Crippen LogP contribution in [0.1, 0.15) is 24.8 Å². The lowest BCUT2D eigenvalue weighted by molar-refractivity contribution is -0.274. The second-order valence-corrected chi connectivity index (χ2v) is 4.51. The highest BCUT2D eigenvalue weighted by Gasteiger charge is 2.32. The maximum absolute atomic E-state index is 12.3. The van der Waals surface area contributed by atoms with Crippen molar-refractivity contribution in [2.45, 2.75) is 38.1 Å². The van der Waals surface area contributed by atoms with E-state index in [0.717, 1.165) is 25.8 Å². The molecule has 0 aromatic heterocycles. The summed E-state index contributed by atoms with van der Waals surface area (Å²) in [5, 5.41) is 3.32. The highest BCUT2D eigenvalue weighted by molar-refractivity contribution is 5.34. The van der Waals surface area contributed by atoms with Crippen LogP contribution in [0.5, 0.6) is 5.75 Å².